The molecule has 1 aliphatic rings. The molecule has 3 unspecified atom stereocenters. The van der Waals surface area contributed by atoms with Gasteiger partial charge < -0.3 is 21.7 Å². The lowest BCUT2D eigenvalue weighted by molar-refractivity contribution is 0.228. The van der Waals surface area contributed by atoms with Crippen LogP contribution in [0.15, 0.2) is 61.3 Å². The van der Waals surface area contributed by atoms with E-state index in [9.17, 15) is 10.2 Å². The minimum absolute atomic E-state index is 0.390. The Morgan fingerprint density at radius 3 is 2.39 bits per heavy atom. The van der Waals surface area contributed by atoms with Gasteiger partial charge in [0.1, 0.15) is 0 Å². The first-order valence-corrected chi connectivity index (χ1v) is 7.43. The number of hydrogen-bond acceptors (Lipinski definition) is 4. The van der Waals surface area contributed by atoms with Crippen LogP contribution in [-0.4, -0.2) is 16.3 Å². The zero-order valence-corrected chi connectivity index (χ0v) is 12.7. The van der Waals surface area contributed by atoms with Gasteiger partial charge in [-0.1, -0.05) is 42.5 Å². The van der Waals surface area contributed by atoms with Crippen LogP contribution in [-0.2, 0) is 0 Å². The van der Waals surface area contributed by atoms with Crippen LogP contribution in [0.5, 0.6) is 0 Å². The lowest BCUT2D eigenvalue weighted by atomic mass is 9.78. The average molecular weight is 308 g/mol. The van der Waals surface area contributed by atoms with Crippen LogP contribution >= 0.6 is 0 Å². The first-order valence-electron chi connectivity index (χ1n) is 7.43. The second-order valence-corrected chi connectivity index (χ2v) is 5.68. The smallest absolute Gasteiger partial charge is 0.0992 e. The molecule has 0 spiro atoms. The zero-order valence-electron chi connectivity index (χ0n) is 12.7. The van der Waals surface area contributed by atoms with Crippen LogP contribution in [0, 0.1) is 0 Å². The van der Waals surface area contributed by atoms with Gasteiger partial charge in [-0.25, -0.2) is 0 Å². The second-order valence-electron chi connectivity index (χ2n) is 5.68. The normalized spacial score (nSPS) is 19.5. The van der Waals surface area contributed by atoms with Crippen LogP contribution in [0.1, 0.15) is 28.8 Å². The van der Waals surface area contributed by atoms with Crippen LogP contribution in [0.2, 0.25) is 0 Å². The third-order valence-electron chi connectivity index (χ3n) is 4.42. The highest BCUT2D eigenvalue weighted by molar-refractivity contribution is 6.02. The molecule has 0 radical (unpaired) electrons. The molecule has 2 aromatic carbocycles. The highest BCUT2D eigenvalue weighted by Crippen LogP contribution is 2.43. The SMILES string of the molecule is C=CC(O)C1=C(N)C(N)c2cccc3ccc(C(O)C=C)c1c23. The Morgan fingerprint density at radius 2 is 1.74 bits per heavy atom. The minimum Gasteiger partial charge on any atom is -0.400 e. The van der Waals surface area contributed by atoms with Gasteiger partial charge >= 0.3 is 0 Å². The highest BCUT2D eigenvalue weighted by atomic mass is 16.3. The van der Waals surface area contributed by atoms with Crippen molar-refractivity contribution in [2.24, 2.45) is 11.5 Å². The Kier molecular flexibility index (Phi) is 3.82. The fourth-order valence-electron chi connectivity index (χ4n) is 3.26. The van der Waals surface area contributed by atoms with Crippen molar-refractivity contribution in [3.05, 3.63) is 78.0 Å². The fourth-order valence-corrected chi connectivity index (χ4v) is 3.26. The van der Waals surface area contributed by atoms with E-state index >= 15 is 0 Å². The van der Waals surface area contributed by atoms with Gasteiger partial charge in [0.15, 0.2) is 0 Å². The Morgan fingerprint density at radius 1 is 1.04 bits per heavy atom. The largest absolute Gasteiger partial charge is 0.400 e. The number of aliphatic hydroxyl groups is 2. The molecular formula is C19H20N2O2. The van der Waals surface area contributed by atoms with E-state index in [-0.39, 0.29) is 0 Å². The number of rotatable bonds is 4. The van der Waals surface area contributed by atoms with E-state index in [0.717, 1.165) is 21.9 Å². The maximum atomic E-state index is 10.4. The monoisotopic (exact) mass is 308 g/mol. The molecular weight excluding hydrogens is 288 g/mol. The van der Waals surface area contributed by atoms with Crippen molar-refractivity contribution in [2.75, 3.05) is 0 Å². The average Bonchev–Trinajstić information content (AvgIpc) is 2.58. The first kappa shape index (κ1) is 15.5. The molecule has 1 aliphatic carbocycles. The third-order valence-corrected chi connectivity index (χ3v) is 4.42. The van der Waals surface area contributed by atoms with E-state index in [1.807, 2.05) is 30.3 Å². The van der Waals surface area contributed by atoms with Gasteiger partial charge in [0.25, 0.3) is 0 Å². The predicted molar refractivity (Wildman–Crippen MR) is 93.3 cm³/mol. The number of benzene rings is 2. The number of hydrogen-bond donors (Lipinski definition) is 4. The van der Waals surface area contributed by atoms with Crippen molar-refractivity contribution in [1.82, 2.24) is 0 Å². The second kappa shape index (κ2) is 5.66. The molecule has 118 valence electrons. The number of aliphatic hydroxyl groups excluding tert-OH is 2. The summed E-state index contributed by atoms with van der Waals surface area (Å²) in [7, 11) is 0. The summed E-state index contributed by atoms with van der Waals surface area (Å²) in [6.07, 6.45) is 1.03. The van der Waals surface area contributed by atoms with Gasteiger partial charge in [-0.3, -0.25) is 0 Å². The predicted octanol–water partition coefficient (Wildman–Crippen LogP) is 2.29. The molecule has 3 rings (SSSR count). The Balaban J connectivity index is 2.48. The third kappa shape index (κ3) is 2.19. The van der Waals surface area contributed by atoms with Crippen LogP contribution in [0.3, 0.4) is 0 Å². The number of nitrogens with two attached hydrogens (primary N) is 2. The van der Waals surface area contributed by atoms with Gasteiger partial charge in [-0.15, -0.1) is 13.2 Å². The molecule has 0 heterocycles. The molecule has 2 aromatic rings. The topological polar surface area (TPSA) is 92.5 Å². The van der Waals surface area contributed by atoms with Crippen molar-refractivity contribution in [3.8, 4) is 0 Å². The quantitative estimate of drug-likeness (QED) is 0.652. The summed E-state index contributed by atoms with van der Waals surface area (Å²) in [5.41, 5.74) is 15.7. The lowest BCUT2D eigenvalue weighted by Gasteiger charge is -2.30. The molecule has 0 saturated carbocycles. The molecule has 6 N–H and O–H groups in total. The van der Waals surface area contributed by atoms with Crippen molar-refractivity contribution in [1.29, 1.82) is 0 Å². The van der Waals surface area contributed by atoms with Crippen molar-refractivity contribution in [3.63, 3.8) is 0 Å². The summed E-state index contributed by atoms with van der Waals surface area (Å²) >= 11 is 0. The maximum Gasteiger partial charge on any atom is 0.0992 e. The minimum atomic E-state index is -0.962. The zero-order chi connectivity index (χ0) is 16.7. The van der Waals surface area contributed by atoms with E-state index in [1.54, 1.807) is 0 Å². The first-order chi connectivity index (χ1) is 11.0. The molecule has 0 aromatic heterocycles. The molecule has 0 aliphatic heterocycles. The Labute approximate surface area is 135 Å². The molecule has 0 fully saturated rings. The summed E-state index contributed by atoms with van der Waals surface area (Å²) in [5, 5.41) is 22.6. The van der Waals surface area contributed by atoms with Crippen molar-refractivity contribution in [2.45, 2.75) is 18.2 Å². The van der Waals surface area contributed by atoms with Gasteiger partial charge in [-0.2, -0.15) is 0 Å². The van der Waals surface area contributed by atoms with E-state index in [1.165, 1.54) is 12.2 Å². The molecule has 0 bridgehead atoms. The van der Waals surface area contributed by atoms with Crippen molar-refractivity contribution >= 4 is 16.3 Å². The molecule has 4 heteroatoms. The summed E-state index contributed by atoms with van der Waals surface area (Å²) in [5.74, 6) is 0. The van der Waals surface area contributed by atoms with Crippen LogP contribution < -0.4 is 11.5 Å². The van der Waals surface area contributed by atoms with E-state index in [4.69, 9.17) is 11.5 Å². The van der Waals surface area contributed by atoms with Crippen LogP contribution in [0.25, 0.3) is 16.3 Å². The van der Waals surface area contributed by atoms with Gasteiger partial charge in [0.2, 0.25) is 0 Å². The van der Waals surface area contributed by atoms with Crippen LogP contribution in [0.4, 0.5) is 0 Å². The van der Waals surface area contributed by atoms with Crippen molar-refractivity contribution < 1.29 is 10.2 Å². The lowest BCUT2D eigenvalue weighted by Crippen LogP contribution is -2.28. The molecule has 0 saturated heterocycles. The highest BCUT2D eigenvalue weighted by Gasteiger charge is 2.31. The maximum absolute atomic E-state index is 10.4. The van der Waals surface area contributed by atoms with Gasteiger partial charge in [-0.05, 0) is 27.5 Å². The van der Waals surface area contributed by atoms with Gasteiger partial charge in [0, 0.05) is 11.3 Å². The van der Waals surface area contributed by atoms with Gasteiger partial charge in [0.05, 0.1) is 18.2 Å². The van der Waals surface area contributed by atoms with E-state index < -0.39 is 18.2 Å². The molecule has 3 atom stereocenters. The Bertz CT molecular complexity index is 839. The Hall–Kier alpha value is -2.40. The molecule has 23 heavy (non-hydrogen) atoms. The fraction of sp³-hybridized carbons (Fsp3) is 0.158. The standard InChI is InChI=1S/C19H20N2O2/c1-3-13(22)11-9-8-10-6-5-7-12-15(10)16(11)17(14(23)4-2)19(21)18(12)20/h3-9,13-14,18,22-23H,1-2,20-21H2. The van der Waals surface area contributed by atoms with E-state index in [0.29, 0.717) is 16.8 Å². The summed E-state index contributed by atoms with van der Waals surface area (Å²) < 4.78 is 0. The summed E-state index contributed by atoms with van der Waals surface area (Å²) in [4.78, 5) is 0. The molecule has 0 amide bonds. The summed E-state index contributed by atoms with van der Waals surface area (Å²) in [6, 6.07) is 9.06. The summed E-state index contributed by atoms with van der Waals surface area (Å²) in [6.45, 7) is 7.30. The van der Waals surface area contributed by atoms with E-state index in [2.05, 4.69) is 13.2 Å². The molecule has 4 nitrogen and oxygen atoms in total.